The predicted molar refractivity (Wildman–Crippen MR) is 220 cm³/mol. The first-order valence-electron chi connectivity index (χ1n) is 19.1. The summed E-state index contributed by atoms with van der Waals surface area (Å²) in [6, 6.07) is 5.03. The summed E-state index contributed by atoms with van der Waals surface area (Å²) < 4.78 is 45.4. The van der Waals surface area contributed by atoms with Crippen LogP contribution in [-0.2, 0) is 29.1 Å². The van der Waals surface area contributed by atoms with Gasteiger partial charge in [0.05, 0.1) is 29.5 Å². The Hall–Kier alpha value is -4.97. The number of fused-ring (bicyclic) bond motifs is 1. The molecule has 3 heterocycles. The van der Waals surface area contributed by atoms with Gasteiger partial charge in [0.2, 0.25) is 27.7 Å². The van der Waals surface area contributed by atoms with Gasteiger partial charge in [0.25, 0.3) is 5.91 Å². The Kier molecular flexibility index (Phi) is 11.5. The minimum atomic E-state index is -3.93. The SMILES string of the molecule is C=CC1C[C@]1(NC(=O)[C@@H]1C[C@@H](Oc2nc(-c3cnc(N(C)C)s3)cc3cc(OC)ccc23)CN1C(=O)[C@@H](NC(=O)OC(C)(C)C)C(C)(C)C)C(=O)NS(=O)(=O)C1CC1. The number of amides is 4. The summed E-state index contributed by atoms with van der Waals surface area (Å²) >= 11 is 1.45. The number of sulfonamides is 1. The summed E-state index contributed by atoms with van der Waals surface area (Å²) in [5.41, 5.74) is -2.69. The van der Waals surface area contributed by atoms with Gasteiger partial charge in [-0.25, -0.2) is 23.2 Å². The molecule has 2 aromatic heterocycles. The third-order valence-electron chi connectivity index (χ3n) is 10.3. The number of methoxy groups -OCH3 is 1. The molecule has 1 saturated heterocycles. The molecule has 4 amide bonds. The van der Waals surface area contributed by atoms with Crippen LogP contribution < -0.4 is 29.7 Å². The van der Waals surface area contributed by atoms with Crippen LogP contribution >= 0.6 is 11.3 Å². The average molecular weight is 840 g/mol. The van der Waals surface area contributed by atoms with Crippen molar-refractivity contribution in [2.75, 3.05) is 32.6 Å². The van der Waals surface area contributed by atoms with E-state index >= 15 is 0 Å². The lowest BCUT2D eigenvalue weighted by atomic mass is 9.85. The molecular formula is C40H53N7O9S2. The van der Waals surface area contributed by atoms with Crippen LogP contribution in [0.25, 0.3) is 21.3 Å². The molecule has 1 unspecified atom stereocenters. The monoisotopic (exact) mass is 839 g/mol. The van der Waals surface area contributed by atoms with Crippen molar-refractivity contribution < 1.29 is 41.8 Å². The molecule has 3 aliphatic rings. The molecule has 3 N–H and O–H groups in total. The zero-order valence-corrected chi connectivity index (χ0v) is 36.0. The summed E-state index contributed by atoms with van der Waals surface area (Å²) in [5.74, 6) is -1.80. The topological polar surface area (TPSA) is 198 Å². The highest BCUT2D eigenvalue weighted by atomic mass is 32.2. The lowest BCUT2D eigenvalue weighted by molar-refractivity contribution is -0.143. The Morgan fingerprint density at radius 3 is 2.38 bits per heavy atom. The maximum absolute atomic E-state index is 14.7. The molecular weight excluding hydrogens is 787 g/mol. The lowest BCUT2D eigenvalue weighted by Crippen LogP contribution is -2.60. The van der Waals surface area contributed by atoms with E-state index in [9.17, 15) is 27.6 Å². The molecule has 3 fully saturated rings. The number of ether oxygens (including phenoxy) is 3. The van der Waals surface area contributed by atoms with E-state index in [1.165, 1.54) is 22.3 Å². The highest BCUT2D eigenvalue weighted by Gasteiger charge is 2.62. The number of carbonyl (C=O) groups excluding carboxylic acids is 4. The molecule has 0 spiro atoms. The van der Waals surface area contributed by atoms with E-state index < -0.39 is 79.7 Å². The van der Waals surface area contributed by atoms with Crippen molar-refractivity contribution in [1.29, 1.82) is 0 Å². The van der Waals surface area contributed by atoms with Crippen molar-refractivity contribution in [1.82, 2.24) is 30.2 Å². The van der Waals surface area contributed by atoms with Crippen molar-refractivity contribution in [3.8, 4) is 22.2 Å². The molecule has 16 nitrogen and oxygen atoms in total. The molecule has 314 valence electrons. The molecule has 3 aromatic rings. The van der Waals surface area contributed by atoms with Crippen molar-refractivity contribution in [3.05, 3.63) is 43.1 Å². The van der Waals surface area contributed by atoms with Gasteiger partial charge in [-0.05, 0) is 75.1 Å². The van der Waals surface area contributed by atoms with Crippen LogP contribution in [-0.4, -0.2) is 109 Å². The molecule has 2 saturated carbocycles. The third kappa shape index (κ3) is 9.17. The van der Waals surface area contributed by atoms with E-state index in [4.69, 9.17) is 19.2 Å². The van der Waals surface area contributed by atoms with Gasteiger partial charge in [-0.15, -0.1) is 6.58 Å². The third-order valence-corrected chi connectivity index (χ3v) is 13.3. The first kappa shape index (κ1) is 42.6. The fraction of sp³-hybridized carbons (Fsp3) is 0.550. The quantitative estimate of drug-likeness (QED) is 0.206. The second-order valence-electron chi connectivity index (χ2n) is 17.4. The van der Waals surface area contributed by atoms with Gasteiger partial charge >= 0.3 is 6.09 Å². The summed E-state index contributed by atoms with van der Waals surface area (Å²) in [6.07, 6.45) is 2.63. The number of carbonyl (C=O) groups is 4. The molecule has 5 atom stereocenters. The molecule has 0 bridgehead atoms. The second kappa shape index (κ2) is 15.7. The molecule has 0 radical (unpaired) electrons. The summed E-state index contributed by atoms with van der Waals surface area (Å²) in [5, 5.41) is 7.08. The van der Waals surface area contributed by atoms with Crippen LogP contribution in [0, 0.1) is 11.3 Å². The normalized spacial score (nSPS) is 22.4. The highest BCUT2D eigenvalue weighted by Crippen LogP contribution is 2.46. The number of likely N-dealkylation sites (tertiary alicyclic amines) is 1. The van der Waals surface area contributed by atoms with Crippen molar-refractivity contribution in [2.45, 2.75) is 102 Å². The van der Waals surface area contributed by atoms with Crippen LogP contribution in [0.5, 0.6) is 11.6 Å². The molecule has 18 heteroatoms. The van der Waals surface area contributed by atoms with E-state index in [-0.39, 0.29) is 25.3 Å². The van der Waals surface area contributed by atoms with E-state index in [1.54, 1.807) is 60.9 Å². The number of nitrogens with zero attached hydrogens (tertiary/aromatic N) is 4. The van der Waals surface area contributed by atoms with Crippen LogP contribution in [0.2, 0.25) is 0 Å². The Morgan fingerprint density at radius 1 is 1.10 bits per heavy atom. The Bertz CT molecular complexity index is 2230. The molecule has 58 heavy (non-hydrogen) atoms. The number of nitrogens with one attached hydrogen (secondary N) is 3. The van der Waals surface area contributed by atoms with Gasteiger partial charge in [-0.2, -0.15) is 0 Å². The van der Waals surface area contributed by atoms with Crippen LogP contribution in [0.15, 0.2) is 43.1 Å². The van der Waals surface area contributed by atoms with Gasteiger partial charge in [0.15, 0.2) is 5.13 Å². The first-order chi connectivity index (χ1) is 27.0. The van der Waals surface area contributed by atoms with E-state index in [1.807, 2.05) is 37.2 Å². The number of benzene rings is 1. The van der Waals surface area contributed by atoms with Crippen LogP contribution in [0.4, 0.5) is 9.93 Å². The van der Waals surface area contributed by atoms with E-state index in [0.29, 0.717) is 29.7 Å². The van der Waals surface area contributed by atoms with E-state index in [0.717, 1.165) is 15.4 Å². The standard InChI is InChI=1S/C40H53N7O9S2/c1-11-23-19-40(23,35(50)45-58(52,53)26-13-14-26)44-32(48)29-18-25(21-47(29)34(49)31(38(2,3)4)43-37(51)56-39(5,6)7)55-33-27-15-12-24(54-10)16-22(27)17-28(42-33)30-20-41-36(57-30)46(8)9/h11-12,15-17,20,23,25-26,29,31H,1,13-14,18-19,21H2,2-10H3,(H,43,51)(H,44,48)(H,45,50)/t23?,25-,29+,31-,40-/m1/s1. The molecule has 2 aliphatic carbocycles. The largest absolute Gasteiger partial charge is 0.497 e. The number of hydrogen-bond acceptors (Lipinski definition) is 13. The highest BCUT2D eigenvalue weighted by molar-refractivity contribution is 7.91. The van der Waals surface area contributed by atoms with Crippen LogP contribution in [0.1, 0.15) is 67.2 Å². The molecule has 1 aromatic carbocycles. The van der Waals surface area contributed by atoms with E-state index in [2.05, 4.69) is 26.9 Å². The smallest absolute Gasteiger partial charge is 0.408 e. The molecule has 1 aliphatic heterocycles. The van der Waals surface area contributed by atoms with Gasteiger partial charge in [-0.3, -0.25) is 19.1 Å². The Morgan fingerprint density at radius 2 is 1.81 bits per heavy atom. The number of pyridine rings is 1. The summed E-state index contributed by atoms with van der Waals surface area (Å²) in [4.78, 5) is 69.3. The maximum Gasteiger partial charge on any atom is 0.408 e. The zero-order valence-electron chi connectivity index (χ0n) is 34.4. The Labute approximate surface area is 343 Å². The summed E-state index contributed by atoms with van der Waals surface area (Å²) in [7, 11) is 1.44. The number of thiazole rings is 1. The van der Waals surface area contributed by atoms with Gasteiger partial charge in [-0.1, -0.05) is 38.2 Å². The number of hydrogen-bond donors (Lipinski definition) is 3. The van der Waals surface area contributed by atoms with Crippen molar-refractivity contribution in [3.63, 3.8) is 0 Å². The van der Waals surface area contributed by atoms with Gasteiger partial charge < -0.3 is 34.6 Å². The average Bonchev–Trinajstić information content (AvgIpc) is 4.01. The van der Waals surface area contributed by atoms with Crippen LogP contribution in [0.3, 0.4) is 0 Å². The molecule has 6 rings (SSSR count). The minimum absolute atomic E-state index is 0.0212. The fourth-order valence-corrected chi connectivity index (χ4v) is 9.09. The zero-order chi connectivity index (χ0) is 42.5. The maximum atomic E-state index is 14.7. The van der Waals surface area contributed by atoms with Gasteiger partial charge in [0.1, 0.15) is 35.1 Å². The number of alkyl carbamates (subject to hydrolysis) is 1. The number of aromatic nitrogens is 2. The second-order valence-corrected chi connectivity index (χ2v) is 20.4. The van der Waals surface area contributed by atoms with Crippen molar-refractivity contribution >= 4 is 61.1 Å². The van der Waals surface area contributed by atoms with Crippen molar-refractivity contribution in [2.24, 2.45) is 11.3 Å². The minimum Gasteiger partial charge on any atom is -0.497 e. The predicted octanol–water partition coefficient (Wildman–Crippen LogP) is 4.39. The number of rotatable bonds is 13. The lowest BCUT2D eigenvalue weighted by Gasteiger charge is -2.36. The fourth-order valence-electron chi connectivity index (χ4n) is 6.93. The first-order valence-corrected chi connectivity index (χ1v) is 21.5. The Balaban J connectivity index is 1.35. The number of anilines is 1. The summed E-state index contributed by atoms with van der Waals surface area (Å²) in [6.45, 7) is 14.2. The van der Waals surface area contributed by atoms with Gasteiger partial charge in [0, 0.05) is 38.0 Å².